The monoisotopic (exact) mass is 578 g/mol. The third kappa shape index (κ3) is 3.11. The van der Waals surface area contributed by atoms with Gasteiger partial charge in [0.2, 0.25) is 5.58 Å². The fourth-order valence-electron chi connectivity index (χ4n) is 7.42. The largest absolute Gasteiger partial charge is 0.448 e. The Morgan fingerprint density at radius 2 is 1.07 bits per heavy atom. The number of fused-ring (bicyclic) bond motifs is 10. The van der Waals surface area contributed by atoms with Crippen LogP contribution in [-0.4, -0.2) is 9.03 Å². The van der Waals surface area contributed by atoms with Gasteiger partial charge in [0.1, 0.15) is 11.1 Å². The van der Waals surface area contributed by atoms with Gasteiger partial charge in [0.15, 0.2) is 0 Å². The third-order valence-corrected chi connectivity index (χ3v) is 9.30. The first kappa shape index (κ1) is 24.3. The second-order valence-electron chi connectivity index (χ2n) is 11.6. The van der Waals surface area contributed by atoms with Gasteiger partial charge >= 0.3 is 5.56 Å². The summed E-state index contributed by atoms with van der Waals surface area (Å²) < 4.78 is 8.89. The summed E-state index contributed by atoms with van der Waals surface area (Å²) in [5.74, 6) is 0. The molecule has 45 heavy (non-hydrogen) atoms. The molecule has 7 aromatic carbocycles. The molecule has 10 rings (SSSR count). The zero-order valence-corrected chi connectivity index (χ0v) is 23.8. The number of para-hydroxylation sites is 1. The number of hydrogen-bond donors (Lipinski definition) is 0. The highest BCUT2D eigenvalue weighted by molar-refractivity contribution is 6.23. The highest BCUT2D eigenvalue weighted by atomic mass is 16.3. The first-order valence-corrected chi connectivity index (χ1v) is 15.0. The van der Waals surface area contributed by atoms with Crippen molar-refractivity contribution in [1.29, 1.82) is 0 Å². The van der Waals surface area contributed by atoms with Crippen molar-refractivity contribution in [2.75, 3.05) is 0 Å². The smallest absolute Gasteiger partial charge is 0.318 e. The van der Waals surface area contributed by atoms with Crippen LogP contribution in [0.5, 0.6) is 0 Å². The van der Waals surface area contributed by atoms with E-state index in [1.165, 1.54) is 26.4 Å². The number of furan rings is 1. The van der Waals surface area contributed by atoms with Gasteiger partial charge in [-0.15, -0.1) is 0 Å². The van der Waals surface area contributed by atoms with Crippen LogP contribution in [0.1, 0.15) is 0 Å². The predicted molar refractivity (Wildman–Crippen MR) is 183 cm³/mol. The van der Waals surface area contributed by atoms with Crippen molar-refractivity contribution in [2.24, 2.45) is 0 Å². The van der Waals surface area contributed by atoms with Gasteiger partial charge in [-0.05, 0) is 78.8 Å². The molecule has 3 aromatic heterocycles. The van der Waals surface area contributed by atoms with Gasteiger partial charge < -0.3 is 4.42 Å². The molecule has 0 unspecified atom stereocenters. The number of benzene rings is 7. The van der Waals surface area contributed by atoms with Crippen molar-refractivity contribution in [2.45, 2.75) is 0 Å². The van der Waals surface area contributed by atoms with Crippen molar-refractivity contribution in [3.8, 4) is 22.3 Å². The Hall–Kier alpha value is -6.20. The minimum Gasteiger partial charge on any atom is -0.448 e. The maximum Gasteiger partial charge on any atom is 0.318 e. The van der Waals surface area contributed by atoms with Crippen LogP contribution in [0.3, 0.4) is 0 Å². The minimum absolute atomic E-state index is 0.191. The maximum atomic E-state index is 13.6. The summed E-state index contributed by atoms with van der Waals surface area (Å²) in [5, 5.41) is 8.24. The second kappa shape index (κ2) is 8.68. The zero-order chi connectivity index (χ0) is 29.8. The number of rotatable bonds is 2. The van der Waals surface area contributed by atoms with E-state index in [2.05, 4.69) is 91.0 Å². The Morgan fingerprint density at radius 1 is 0.467 bits per heavy atom. The van der Waals surface area contributed by atoms with Crippen LogP contribution in [0.15, 0.2) is 147 Å². The van der Waals surface area contributed by atoms with E-state index in [1.807, 2.05) is 42.5 Å². The van der Waals surface area contributed by atoms with E-state index in [0.717, 1.165) is 38.1 Å². The Bertz CT molecular complexity index is 2920. The average Bonchev–Trinajstić information content (AvgIpc) is 3.70. The molecule has 0 amide bonds. The van der Waals surface area contributed by atoms with Gasteiger partial charge in [0.25, 0.3) is 5.56 Å². The number of aromatic nitrogens is 2. The molecule has 0 saturated carbocycles. The molecule has 0 fully saturated rings. The van der Waals surface area contributed by atoms with Crippen LogP contribution in [0, 0.1) is 0 Å². The molecular formula is C40H22N2O3. The lowest BCUT2D eigenvalue weighted by Gasteiger charge is -2.18. The summed E-state index contributed by atoms with van der Waals surface area (Å²) in [6.07, 6.45) is 0. The summed E-state index contributed by atoms with van der Waals surface area (Å²) in [6.45, 7) is 0. The quantitative estimate of drug-likeness (QED) is 0.192. The molecular weight excluding hydrogens is 556 g/mol. The van der Waals surface area contributed by atoms with Crippen LogP contribution in [0.4, 0.5) is 0 Å². The first-order valence-electron chi connectivity index (χ1n) is 15.0. The summed E-state index contributed by atoms with van der Waals surface area (Å²) >= 11 is 0. The number of hydrogen-bond acceptors (Lipinski definition) is 3. The molecule has 5 heteroatoms. The van der Waals surface area contributed by atoms with Gasteiger partial charge in [-0.2, -0.15) is 4.52 Å². The van der Waals surface area contributed by atoms with E-state index in [9.17, 15) is 9.59 Å². The Labute approximate surface area is 254 Å². The lowest BCUT2D eigenvalue weighted by atomic mass is 9.84. The molecule has 5 nitrogen and oxygen atoms in total. The van der Waals surface area contributed by atoms with Crippen LogP contribution in [0.25, 0.3) is 87.5 Å². The summed E-state index contributed by atoms with van der Waals surface area (Å²) in [7, 11) is 0. The van der Waals surface area contributed by atoms with Gasteiger partial charge in [-0.25, -0.2) is 4.52 Å². The van der Waals surface area contributed by atoms with E-state index in [4.69, 9.17) is 4.42 Å². The predicted octanol–water partition coefficient (Wildman–Crippen LogP) is 9.04. The van der Waals surface area contributed by atoms with Crippen LogP contribution < -0.4 is 11.1 Å². The molecule has 210 valence electrons. The van der Waals surface area contributed by atoms with Crippen LogP contribution >= 0.6 is 0 Å². The summed E-state index contributed by atoms with van der Waals surface area (Å²) in [6, 6.07) is 45.6. The summed E-state index contributed by atoms with van der Waals surface area (Å²) in [5.41, 5.74) is 5.74. The molecule has 0 spiro atoms. The molecule has 0 N–H and O–H groups in total. The molecule has 10 aromatic rings. The van der Waals surface area contributed by atoms with Crippen molar-refractivity contribution < 1.29 is 4.42 Å². The molecule has 0 bridgehead atoms. The molecule has 0 saturated heterocycles. The molecule has 0 aliphatic heterocycles. The molecule has 0 atom stereocenters. The maximum absolute atomic E-state index is 13.6. The Morgan fingerprint density at radius 3 is 1.80 bits per heavy atom. The van der Waals surface area contributed by atoms with Crippen molar-refractivity contribution in [3.63, 3.8) is 0 Å². The first-order chi connectivity index (χ1) is 22.2. The van der Waals surface area contributed by atoms with E-state index < -0.39 is 5.56 Å². The van der Waals surface area contributed by atoms with E-state index >= 15 is 0 Å². The van der Waals surface area contributed by atoms with Crippen molar-refractivity contribution in [3.05, 3.63) is 154 Å². The standard InChI is InChI=1S/C40H22N2O3/c43-39-31-21-20-24(22-33(31)41-37-32-17-7-8-19-34(32)45-38(37)40(44)42(39)41)35-27-13-3-5-15-29(27)36(30-16-6-4-14-28(30)35)26-18-9-11-23-10-1-2-12-25(23)26/h1-22H. The zero-order valence-electron chi connectivity index (χ0n) is 23.8. The second-order valence-corrected chi connectivity index (χ2v) is 11.6. The SMILES string of the molecule is O=c1c2ccc(-c3c4ccccc4c(-c4cccc5ccccc45)c4ccccc34)cc2n2c3c(oc4ccccc43)c(=O)n12. The summed E-state index contributed by atoms with van der Waals surface area (Å²) in [4.78, 5) is 27.1. The molecule has 3 heterocycles. The van der Waals surface area contributed by atoms with Gasteiger partial charge in [-0.1, -0.05) is 109 Å². The van der Waals surface area contributed by atoms with Crippen LogP contribution in [-0.2, 0) is 0 Å². The Kier molecular flexibility index (Phi) is 4.68. The van der Waals surface area contributed by atoms with E-state index in [-0.39, 0.29) is 11.1 Å². The minimum atomic E-state index is -0.445. The van der Waals surface area contributed by atoms with Crippen molar-refractivity contribution in [1.82, 2.24) is 9.03 Å². The highest BCUT2D eigenvalue weighted by Crippen LogP contribution is 2.45. The fourth-order valence-corrected chi connectivity index (χ4v) is 7.42. The topological polar surface area (TPSA) is 56.1 Å². The average molecular weight is 579 g/mol. The van der Waals surface area contributed by atoms with E-state index in [1.54, 1.807) is 4.52 Å². The van der Waals surface area contributed by atoms with E-state index in [0.29, 0.717) is 22.0 Å². The molecule has 0 aliphatic rings. The van der Waals surface area contributed by atoms with Gasteiger partial charge in [0.05, 0.1) is 10.9 Å². The lowest BCUT2D eigenvalue weighted by Crippen LogP contribution is -2.21. The fraction of sp³-hybridized carbons (Fsp3) is 0. The molecule has 0 aliphatic carbocycles. The molecule has 0 radical (unpaired) electrons. The van der Waals surface area contributed by atoms with Gasteiger partial charge in [0, 0.05) is 5.39 Å². The number of nitrogens with zero attached hydrogens (tertiary/aromatic N) is 2. The highest BCUT2D eigenvalue weighted by Gasteiger charge is 2.24. The third-order valence-electron chi connectivity index (χ3n) is 9.30. The van der Waals surface area contributed by atoms with Crippen molar-refractivity contribution >= 4 is 65.3 Å². The lowest BCUT2D eigenvalue weighted by molar-refractivity contribution is 0.662. The normalized spacial score (nSPS) is 12.2. The Balaban J connectivity index is 1.35. The van der Waals surface area contributed by atoms with Gasteiger partial charge in [-0.3, -0.25) is 9.59 Å². The van der Waals surface area contributed by atoms with Crippen LogP contribution in [0.2, 0.25) is 0 Å².